The van der Waals surface area contributed by atoms with Crippen LogP contribution in [0.4, 0.5) is 0 Å². The molecule has 0 radical (unpaired) electrons. The molecule has 1 saturated heterocycles. The van der Waals surface area contributed by atoms with E-state index in [-0.39, 0.29) is 11.9 Å². The van der Waals surface area contributed by atoms with Crippen LogP contribution in [0.5, 0.6) is 0 Å². The Kier molecular flexibility index (Phi) is 4.56. The molecule has 0 aliphatic carbocycles. The molecule has 19 heavy (non-hydrogen) atoms. The van der Waals surface area contributed by atoms with Gasteiger partial charge < -0.3 is 10.6 Å². The number of rotatable bonds is 4. The third kappa shape index (κ3) is 4.04. The summed E-state index contributed by atoms with van der Waals surface area (Å²) in [5.74, 6) is 0.162. The Labute approximate surface area is 115 Å². The summed E-state index contributed by atoms with van der Waals surface area (Å²) in [5.41, 5.74) is 8.25. The van der Waals surface area contributed by atoms with Gasteiger partial charge in [-0.3, -0.25) is 9.69 Å². The zero-order valence-corrected chi connectivity index (χ0v) is 11.8. The molecule has 1 atom stereocenters. The lowest BCUT2D eigenvalue weighted by molar-refractivity contribution is -0.131. The van der Waals surface area contributed by atoms with E-state index < -0.39 is 0 Å². The molecule has 104 valence electrons. The van der Waals surface area contributed by atoms with Gasteiger partial charge in [-0.05, 0) is 18.9 Å². The van der Waals surface area contributed by atoms with E-state index in [0.717, 1.165) is 19.5 Å². The molecule has 0 saturated carbocycles. The van der Waals surface area contributed by atoms with E-state index >= 15 is 0 Å². The molecule has 1 fully saturated rings. The van der Waals surface area contributed by atoms with Gasteiger partial charge in [0.1, 0.15) is 0 Å². The first-order valence-electron chi connectivity index (χ1n) is 6.82. The Balaban J connectivity index is 1.83. The molecule has 2 rings (SSSR count). The van der Waals surface area contributed by atoms with Gasteiger partial charge in [0.05, 0.1) is 6.54 Å². The van der Waals surface area contributed by atoms with Gasteiger partial charge >= 0.3 is 0 Å². The highest BCUT2D eigenvalue weighted by Gasteiger charge is 2.22. The summed E-state index contributed by atoms with van der Waals surface area (Å²) in [6, 6.07) is 8.53. The Morgan fingerprint density at radius 3 is 2.68 bits per heavy atom. The second-order valence-electron chi connectivity index (χ2n) is 5.52. The minimum atomic E-state index is 0.162. The molecule has 2 N–H and O–H groups in total. The van der Waals surface area contributed by atoms with Crippen molar-refractivity contribution in [3.8, 4) is 0 Å². The van der Waals surface area contributed by atoms with E-state index in [1.165, 1.54) is 11.1 Å². The fourth-order valence-electron chi connectivity index (χ4n) is 2.37. The maximum absolute atomic E-state index is 12.1. The van der Waals surface area contributed by atoms with Crippen LogP contribution < -0.4 is 5.73 Å². The van der Waals surface area contributed by atoms with Crippen molar-refractivity contribution < 1.29 is 4.79 Å². The largest absolute Gasteiger partial charge is 0.340 e. The summed E-state index contributed by atoms with van der Waals surface area (Å²) in [4.78, 5) is 16.0. The SMILES string of the molecule is Cc1ccc(CN(C)C(=O)CN2CC[C@H](N)C2)cc1. The van der Waals surface area contributed by atoms with Gasteiger partial charge in [-0.2, -0.15) is 0 Å². The highest BCUT2D eigenvalue weighted by molar-refractivity contribution is 5.78. The van der Waals surface area contributed by atoms with Crippen LogP contribution in [0.2, 0.25) is 0 Å². The average Bonchev–Trinajstić information content (AvgIpc) is 2.77. The van der Waals surface area contributed by atoms with Crippen molar-refractivity contribution in [2.75, 3.05) is 26.7 Å². The zero-order valence-electron chi connectivity index (χ0n) is 11.8. The number of hydrogen-bond acceptors (Lipinski definition) is 3. The third-order valence-corrected chi connectivity index (χ3v) is 3.63. The molecule has 1 aromatic rings. The van der Waals surface area contributed by atoms with Crippen molar-refractivity contribution in [1.29, 1.82) is 0 Å². The maximum atomic E-state index is 12.1. The average molecular weight is 261 g/mol. The van der Waals surface area contributed by atoms with E-state index in [4.69, 9.17) is 5.73 Å². The van der Waals surface area contributed by atoms with E-state index in [0.29, 0.717) is 13.1 Å². The van der Waals surface area contributed by atoms with Crippen LogP contribution in [0.25, 0.3) is 0 Å². The molecular weight excluding hydrogens is 238 g/mol. The van der Waals surface area contributed by atoms with E-state index in [1.54, 1.807) is 4.90 Å². The van der Waals surface area contributed by atoms with Gasteiger partial charge in [0.15, 0.2) is 0 Å². The number of likely N-dealkylation sites (tertiary alicyclic amines) is 1. The predicted octanol–water partition coefficient (Wildman–Crippen LogP) is 0.986. The van der Waals surface area contributed by atoms with Gasteiger partial charge in [0.25, 0.3) is 0 Å². The normalized spacial score (nSPS) is 19.6. The lowest BCUT2D eigenvalue weighted by atomic mass is 10.1. The van der Waals surface area contributed by atoms with Crippen molar-refractivity contribution in [3.05, 3.63) is 35.4 Å². The number of aryl methyl sites for hydroxylation is 1. The first-order chi connectivity index (χ1) is 9.04. The summed E-state index contributed by atoms with van der Waals surface area (Å²) in [5, 5.41) is 0. The summed E-state index contributed by atoms with van der Waals surface area (Å²) in [7, 11) is 1.86. The van der Waals surface area contributed by atoms with Crippen LogP contribution in [0, 0.1) is 6.92 Å². The topological polar surface area (TPSA) is 49.6 Å². The number of carbonyl (C=O) groups excluding carboxylic acids is 1. The molecule has 1 aliphatic heterocycles. The number of likely N-dealkylation sites (N-methyl/N-ethyl adjacent to an activating group) is 1. The lowest BCUT2D eigenvalue weighted by Gasteiger charge is -2.21. The molecule has 1 amide bonds. The molecule has 4 nitrogen and oxygen atoms in total. The van der Waals surface area contributed by atoms with Crippen LogP contribution in [0.15, 0.2) is 24.3 Å². The number of benzene rings is 1. The number of nitrogens with two attached hydrogens (primary N) is 1. The monoisotopic (exact) mass is 261 g/mol. The first-order valence-corrected chi connectivity index (χ1v) is 6.82. The summed E-state index contributed by atoms with van der Waals surface area (Å²) >= 11 is 0. The number of nitrogens with zero attached hydrogens (tertiary/aromatic N) is 2. The van der Waals surface area contributed by atoms with Gasteiger partial charge in [-0.15, -0.1) is 0 Å². The number of hydrogen-bond donors (Lipinski definition) is 1. The summed E-state index contributed by atoms with van der Waals surface area (Å²) in [6.07, 6.45) is 0.995. The van der Waals surface area contributed by atoms with Crippen molar-refractivity contribution in [2.45, 2.75) is 25.9 Å². The van der Waals surface area contributed by atoms with Gasteiger partial charge in [0.2, 0.25) is 5.91 Å². The van der Waals surface area contributed by atoms with Gasteiger partial charge in [0, 0.05) is 32.7 Å². The van der Waals surface area contributed by atoms with E-state index in [1.807, 2.05) is 7.05 Å². The number of carbonyl (C=O) groups is 1. The van der Waals surface area contributed by atoms with Crippen LogP contribution in [-0.2, 0) is 11.3 Å². The standard InChI is InChI=1S/C15H23N3O/c1-12-3-5-13(6-4-12)9-17(2)15(19)11-18-8-7-14(16)10-18/h3-6,14H,7-11,16H2,1-2H3/t14-/m0/s1. The molecule has 4 heteroatoms. The van der Waals surface area contributed by atoms with E-state index in [2.05, 4.69) is 36.1 Å². The highest BCUT2D eigenvalue weighted by atomic mass is 16.2. The second-order valence-corrected chi connectivity index (χ2v) is 5.52. The molecule has 0 bridgehead atoms. The van der Waals surface area contributed by atoms with Gasteiger partial charge in [-0.1, -0.05) is 29.8 Å². The predicted molar refractivity (Wildman–Crippen MR) is 76.7 cm³/mol. The van der Waals surface area contributed by atoms with Crippen molar-refractivity contribution in [3.63, 3.8) is 0 Å². The smallest absolute Gasteiger partial charge is 0.236 e. The zero-order chi connectivity index (χ0) is 13.8. The van der Waals surface area contributed by atoms with Crippen molar-refractivity contribution in [2.24, 2.45) is 5.73 Å². The minimum Gasteiger partial charge on any atom is -0.340 e. The Bertz CT molecular complexity index is 430. The molecule has 0 spiro atoms. The molecule has 1 heterocycles. The molecule has 1 aromatic carbocycles. The summed E-state index contributed by atoms with van der Waals surface area (Å²) in [6.45, 7) is 4.99. The fourth-order valence-corrected chi connectivity index (χ4v) is 2.37. The van der Waals surface area contributed by atoms with Crippen LogP contribution >= 0.6 is 0 Å². The van der Waals surface area contributed by atoms with Crippen LogP contribution in [0.1, 0.15) is 17.5 Å². The fraction of sp³-hybridized carbons (Fsp3) is 0.533. The van der Waals surface area contributed by atoms with Crippen molar-refractivity contribution >= 4 is 5.91 Å². The maximum Gasteiger partial charge on any atom is 0.236 e. The highest BCUT2D eigenvalue weighted by Crippen LogP contribution is 2.09. The molecule has 1 aliphatic rings. The Hall–Kier alpha value is -1.39. The Morgan fingerprint density at radius 1 is 1.42 bits per heavy atom. The minimum absolute atomic E-state index is 0.162. The number of amides is 1. The molecule has 0 aromatic heterocycles. The molecule has 0 unspecified atom stereocenters. The second kappa shape index (κ2) is 6.17. The van der Waals surface area contributed by atoms with Crippen LogP contribution in [-0.4, -0.2) is 48.4 Å². The van der Waals surface area contributed by atoms with E-state index in [9.17, 15) is 4.79 Å². The molecular formula is C15H23N3O. The Morgan fingerprint density at radius 2 is 2.11 bits per heavy atom. The third-order valence-electron chi connectivity index (χ3n) is 3.63. The lowest BCUT2D eigenvalue weighted by Crippen LogP contribution is -2.38. The van der Waals surface area contributed by atoms with Gasteiger partial charge in [-0.25, -0.2) is 0 Å². The quantitative estimate of drug-likeness (QED) is 0.879. The van der Waals surface area contributed by atoms with Crippen molar-refractivity contribution in [1.82, 2.24) is 9.80 Å². The van der Waals surface area contributed by atoms with Crippen LogP contribution in [0.3, 0.4) is 0 Å². The first kappa shape index (κ1) is 14.0. The summed E-state index contributed by atoms with van der Waals surface area (Å²) < 4.78 is 0.